The number of fused-ring (bicyclic) bond motifs is 1. The summed E-state index contributed by atoms with van der Waals surface area (Å²) in [6.07, 6.45) is 0. The van der Waals surface area contributed by atoms with Crippen molar-refractivity contribution in [1.82, 2.24) is 19.8 Å². The molecule has 0 amide bonds. The van der Waals surface area contributed by atoms with E-state index in [9.17, 15) is 0 Å². The van der Waals surface area contributed by atoms with Crippen molar-refractivity contribution in [3.8, 4) is 16.3 Å². The maximum atomic E-state index is 6.06. The zero-order valence-electron chi connectivity index (χ0n) is 10.2. The van der Waals surface area contributed by atoms with E-state index in [1.54, 1.807) is 23.8 Å². The summed E-state index contributed by atoms with van der Waals surface area (Å²) in [6.45, 7) is 1.84. The average Bonchev–Trinajstić information content (AvgIpc) is 2.95. The molecule has 2 aromatic heterocycles. The Morgan fingerprint density at radius 3 is 2.84 bits per heavy atom. The quantitative estimate of drug-likeness (QED) is 0.735. The highest BCUT2D eigenvalue weighted by molar-refractivity contribution is 7.19. The number of ether oxygens (including phenoxy) is 1. The highest BCUT2D eigenvalue weighted by Crippen LogP contribution is 2.37. The Labute approximate surface area is 117 Å². The van der Waals surface area contributed by atoms with Crippen LogP contribution in [-0.2, 0) is 0 Å². The lowest BCUT2D eigenvalue weighted by molar-refractivity contribution is 0.416. The third-order valence-electron chi connectivity index (χ3n) is 2.70. The van der Waals surface area contributed by atoms with E-state index >= 15 is 0 Å². The van der Waals surface area contributed by atoms with Gasteiger partial charge in [-0.15, -0.1) is 10.2 Å². The van der Waals surface area contributed by atoms with Crippen LogP contribution in [0.25, 0.3) is 15.5 Å². The van der Waals surface area contributed by atoms with Crippen LogP contribution in [0, 0.1) is 6.92 Å². The van der Waals surface area contributed by atoms with E-state index in [0.717, 1.165) is 21.4 Å². The highest BCUT2D eigenvalue weighted by Gasteiger charge is 2.16. The molecule has 19 heavy (non-hydrogen) atoms. The molecule has 6 nitrogen and oxygen atoms in total. The van der Waals surface area contributed by atoms with Crippen molar-refractivity contribution in [2.45, 2.75) is 6.92 Å². The van der Waals surface area contributed by atoms with Gasteiger partial charge in [-0.25, -0.2) is 0 Å². The molecule has 0 spiro atoms. The minimum atomic E-state index is 0.471. The number of halogens is 1. The van der Waals surface area contributed by atoms with Gasteiger partial charge in [0.15, 0.2) is 10.8 Å². The van der Waals surface area contributed by atoms with Crippen molar-refractivity contribution < 1.29 is 4.74 Å². The molecule has 3 aromatic rings. The third kappa shape index (κ3) is 1.91. The van der Waals surface area contributed by atoms with Crippen LogP contribution >= 0.6 is 22.9 Å². The van der Waals surface area contributed by atoms with Gasteiger partial charge in [0.05, 0.1) is 23.4 Å². The summed E-state index contributed by atoms with van der Waals surface area (Å²) in [7, 11) is 1.58. The van der Waals surface area contributed by atoms with Gasteiger partial charge in [0.1, 0.15) is 5.75 Å². The smallest absolute Gasteiger partial charge is 0.234 e. The number of nitrogen functional groups attached to an aromatic ring is 1. The number of anilines is 1. The number of aromatic nitrogens is 4. The summed E-state index contributed by atoms with van der Waals surface area (Å²) in [5, 5.41) is 13.7. The monoisotopic (exact) mass is 295 g/mol. The fourth-order valence-corrected chi connectivity index (χ4v) is 2.80. The van der Waals surface area contributed by atoms with Gasteiger partial charge in [-0.1, -0.05) is 22.9 Å². The molecule has 2 N–H and O–H groups in total. The minimum absolute atomic E-state index is 0.471. The molecule has 0 bridgehead atoms. The zero-order chi connectivity index (χ0) is 13.6. The molecule has 0 aliphatic rings. The number of aryl methyl sites for hydroxylation is 1. The fraction of sp³-hybridized carbons (Fsp3) is 0.182. The second-order valence-corrected chi connectivity index (χ2v) is 5.29. The van der Waals surface area contributed by atoms with E-state index in [0.29, 0.717) is 16.5 Å². The summed E-state index contributed by atoms with van der Waals surface area (Å²) in [5.41, 5.74) is 7.03. The molecule has 0 aliphatic heterocycles. The average molecular weight is 296 g/mol. The lowest BCUT2D eigenvalue weighted by Gasteiger charge is -2.08. The number of nitrogens with two attached hydrogens (primary N) is 1. The molecular weight excluding hydrogens is 286 g/mol. The number of hydrogen-bond donors (Lipinski definition) is 1. The van der Waals surface area contributed by atoms with E-state index in [-0.39, 0.29) is 0 Å². The Balaban J connectivity index is 2.22. The molecule has 1 aromatic carbocycles. The Hall–Kier alpha value is -1.86. The molecule has 2 heterocycles. The number of rotatable bonds is 2. The van der Waals surface area contributed by atoms with E-state index in [4.69, 9.17) is 22.1 Å². The predicted molar refractivity (Wildman–Crippen MR) is 74.8 cm³/mol. The Kier molecular flexibility index (Phi) is 2.79. The molecule has 0 aliphatic carbocycles. The summed E-state index contributed by atoms with van der Waals surface area (Å²) >= 11 is 7.47. The Morgan fingerprint density at radius 1 is 1.37 bits per heavy atom. The van der Waals surface area contributed by atoms with E-state index in [1.165, 1.54) is 11.3 Å². The lowest BCUT2D eigenvalue weighted by Crippen LogP contribution is -1.94. The van der Waals surface area contributed by atoms with Crippen molar-refractivity contribution in [3.05, 3.63) is 23.0 Å². The van der Waals surface area contributed by atoms with Gasteiger partial charge in [0.2, 0.25) is 4.96 Å². The number of methoxy groups -OCH3 is 1. The van der Waals surface area contributed by atoms with Crippen LogP contribution in [0.2, 0.25) is 5.02 Å². The summed E-state index contributed by atoms with van der Waals surface area (Å²) < 4.78 is 7.01. The largest absolute Gasteiger partial charge is 0.496 e. The number of benzene rings is 1. The molecule has 0 fully saturated rings. The van der Waals surface area contributed by atoms with Crippen LogP contribution in [0.1, 0.15) is 5.82 Å². The first-order valence-electron chi connectivity index (χ1n) is 5.42. The molecule has 0 atom stereocenters. The van der Waals surface area contributed by atoms with E-state index < -0.39 is 0 Å². The van der Waals surface area contributed by atoms with Gasteiger partial charge in [0, 0.05) is 6.07 Å². The molecule has 8 heteroatoms. The Bertz CT molecular complexity index is 766. The lowest BCUT2D eigenvalue weighted by atomic mass is 10.2. The van der Waals surface area contributed by atoms with Gasteiger partial charge < -0.3 is 10.5 Å². The molecule has 0 saturated carbocycles. The van der Waals surface area contributed by atoms with Gasteiger partial charge in [-0.2, -0.15) is 9.61 Å². The number of hydrogen-bond acceptors (Lipinski definition) is 6. The fourth-order valence-electron chi connectivity index (χ4n) is 1.73. The molecule has 0 radical (unpaired) electrons. The van der Waals surface area contributed by atoms with Gasteiger partial charge in [-0.05, 0) is 13.0 Å². The molecule has 0 unspecified atom stereocenters. The summed E-state index contributed by atoms with van der Waals surface area (Å²) in [6, 6.07) is 3.43. The zero-order valence-corrected chi connectivity index (χ0v) is 11.8. The summed E-state index contributed by atoms with van der Waals surface area (Å²) in [4.78, 5) is 0.725. The van der Waals surface area contributed by atoms with E-state index in [2.05, 4.69) is 15.3 Å². The second kappa shape index (κ2) is 4.36. The van der Waals surface area contributed by atoms with Crippen molar-refractivity contribution >= 4 is 33.6 Å². The van der Waals surface area contributed by atoms with Crippen molar-refractivity contribution in [1.29, 1.82) is 0 Å². The maximum Gasteiger partial charge on any atom is 0.234 e. The van der Waals surface area contributed by atoms with Crippen LogP contribution in [0.15, 0.2) is 12.1 Å². The van der Waals surface area contributed by atoms with Crippen LogP contribution in [0.4, 0.5) is 5.69 Å². The van der Waals surface area contributed by atoms with Crippen molar-refractivity contribution in [3.63, 3.8) is 0 Å². The van der Waals surface area contributed by atoms with E-state index in [1.807, 2.05) is 6.92 Å². The Morgan fingerprint density at radius 2 is 2.16 bits per heavy atom. The van der Waals surface area contributed by atoms with Crippen LogP contribution < -0.4 is 10.5 Å². The normalized spacial score (nSPS) is 11.1. The first kappa shape index (κ1) is 12.2. The first-order valence-corrected chi connectivity index (χ1v) is 6.62. The highest BCUT2D eigenvalue weighted by atomic mass is 35.5. The molecule has 0 saturated heterocycles. The van der Waals surface area contributed by atoms with Crippen molar-refractivity contribution in [2.24, 2.45) is 0 Å². The van der Waals surface area contributed by atoms with Crippen LogP contribution in [-0.4, -0.2) is 26.9 Å². The van der Waals surface area contributed by atoms with Crippen LogP contribution in [0.3, 0.4) is 0 Å². The minimum Gasteiger partial charge on any atom is -0.496 e. The van der Waals surface area contributed by atoms with Crippen molar-refractivity contribution in [2.75, 3.05) is 12.8 Å². The predicted octanol–water partition coefficient (Wildman–Crippen LogP) is 2.41. The van der Waals surface area contributed by atoms with Gasteiger partial charge >= 0.3 is 0 Å². The molecular formula is C11H10ClN5OS. The first-order chi connectivity index (χ1) is 9.10. The van der Waals surface area contributed by atoms with Gasteiger partial charge in [-0.3, -0.25) is 0 Å². The molecule has 3 rings (SSSR count). The molecule has 98 valence electrons. The number of nitrogens with zero attached hydrogens (tertiary/aromatic N) is 4. The summed E-state index contributed by atoms with van der Waals surface area (Å²) in [5.74, 6) is 1.36. The van der Waals surface area contributed by atoms with Gasteiger partial charge in [0.25, 0.3) is 0 Å². The standard InChI is InChI=1S/C11H10ClN5OS/c1-5-14-15-11-17(5)16-10(19-11)6-3-7(12)8(13)4-9(6)18-2/h3-4H,13H2,1-2H3. The van der Waals surface area contributed by atoms with Crippen LogP contribution in [0.5, 0.6) is 5.75 Å². The topological polar surface area (TPSA) is 78.3 Å². The maximum absolute atomic E-state index is 6.06. The SMILES string of the molecule is COc1cc(N)c(Cl)cc1-c1nn2c(C)nnc2s1. The third-order valence-corrected chi connectivity index (χ3v) is 3.96. The second-order valence-electron chi connectivity index (χ2n) is 3.92.